The van der Waals surface area contributed by atoms with Gasteiger partial charge < -0.3 is 14.8 Å². The fraction of sp³-hybridized carbons (Fsp3) is 0.182. The molecule has 0 spiro atoms. The van der Waals surface area contributed by atoms with E-state index in [0.717, 1.165) is 11.0 Å². The maximum absolute atomic E-state index is 12.9. The van der Waals surface area contributed by atoms with Crippen molar-refractivity contribution >= 4 is 46.4 Å². The molecule has 0 unspecified atom stereocenters. The molecule has 9 nitrogen and oxygen atoms in total. The number of methoxy groups -OCH3 is 2. The van der Waals surface area contributed by atoms with Crippen LogP contribution in [0.1, 0.15) is 0 Å². The molecule has 0 saturated heterocycles. The third kappa shape index (κ3) is 4.81. The predicted molar refractivity (Wildman–Crippen MR) is 135 cm³/mol. The lowest BCUT2D eigenvalue weighted by atomic mass is 10.0. The summed E-state index contributed by atoms with van der Waals surface area (Å²) in [4.78, 5) is 4.71. The molecule has 2 aromatic heterocycles. The number of aromatic nitrogens is 3. The van der Waals surface area contributed by atoms with Crippen LogP contribution in [0.15, 0.2) is 59.6 Å². The van der Waals surface area contributed by atoms with Gasteiger partial charge in [-0.25, -0.2) is 18.1 Å². The number of hydrogen-bond acceptors (Lipinski definition) is 7. The van der Waals surface area contributed by atoms with Crippen molar-refractivity contribution < 1.29 is 17.9 Å². The van der Waals surface area contributed by atoms with Crippen LogP contribution < -0.4 is 25.0 Å². The number of halogens is 1. The second kappa shape index (κ2) is 9.92. The van der Waals surface area contributed by atoms with E-state index in [1.165, 1.54) is 20.3 Å². The van der Waals surface area contributed by atoms with Crippen LogP contribution in [0.3, 0.4) is 0 Å². The summed E-state index contributed by atoms with van der Waals surface area (Å²) in [5.74, 6) is 1.30. The molecule has 0 bridgehead atoms. The Labute approximate surface area is 203 Å². The number of ether oxygens (including phenoxy) is 2. The summed E-state index contributed by atoms with van der Waals surface area (Å²) in [6, 6.07) is 13.9. The number of sulfonamides is 1. The van der Waals surface area contributed by atoms with Crippen molar-refractivity contribution in [3.63, 3.8) is 0 Å². The minimum absolute atomic E-state index is 0.00404. The molecule has 0 radical (unpaired) electrons. The van der Waals surface area contributed by atoms with Crippen molar-refractivity contribution in [3.8, 4) is 22.8 Å². The maximum Gasteiger partial charge on any atom is 0.244 e. The van der Waals surface area contributed by atoms with E-state index < -0.39 is 10.0 Å². The number of rotatable bonds is 9. The zero-order chi connectivity index (χ0) is 24.3. The van der Waals surface area contributed by atoms with Crippen LogP contribution in [0.4, 0.5) is 5.82 Å². The third-order valence-corrected chi connectivity index (χ3v) is 6.99. The fourth-order valence-electron chi connectivity index (χ4n) is 3.45. The molecule has 34 heavy (non-hydrogen) atoms. The van der Waals surface area contributed by atoms with Crippen LogP contribution in [-0.4, -0.2) is 58.2 Å². The van der Waals surface area contributed by atoms with Gasteiger partial charge in [0.2, 0.25) is 10.0 Å². The summed E-state index contributed by atoms with van der Waals surface area (Å²) in [7, 11) is 0.977. The van der Waals surface area contributed by atoms with Crippen molar-refractivity contribution in [1.82, 2.24) is 19.3 Å². The highest BCUT2D eigenvalue weighted by molar-refractivity contribution is 7.89. The topological polar surface area (TPSA) is 107 Å². The highest BCUT2D eigenvalue weighted by Crippen LogP contribution is 2.29. The second-order valence-electron chi connectivity index (χ2n) is 7.41. The van der Waals surface area contributed by atoms with Gasteiger partial charge in [-0.1, -0.05) is 29.8 Å². The predicted octanol–water partition coefficient (Wildman–Crippen LogP) is 1.72. The van der Waals surface area contributed by atoms with Crippen LogP contribution in [0.2, 0.25) is 5.02 Å². The zero-order valence-corrected chi connectivity index (χ0v) is 20.4. The quantitative estimate of drug-likeness (QED) is 0.267. The molecule has 4 aromatic rings. The van der Waals surface area contributed by atoms with Gasteiger partial charge in [0, 0.05) is 42.0 Å². The summed E-state index contributed by atoms with van der Waals surface area (Å²) in [5.41, 5.74) is 3.07. The van der Waals surface area contributed by atoms with E-state index in [-0.39, 0.29) is 17.2 Å². The molecule has 0 aliphatic heterocycles. The van der Waals surface area contributed by atoms with Crippen LogP contribution in [0, 0.1) is 0 Å². The van der Waals surface area contributed by atoms with E-state index in [4.69, 9.17) is 26.1 Å². The van der Waals surface area contributed by atoms with Crippen molar-refractivity contribution in [1.29, 1.82) is 0 Å². The first-order valence-electron chi connectivity index (χ1n) is 10.4. The van der Waals surface area contributed by atoms with Gasteiger partial charge in [-0.2, -0.15) is 9.61 Å². The van der Waals surface area contributed by atoms with E-state index in [2.05, 4.69) is 15.1 Å². The van der Waals surface area contributed by atoms with Gasteiger partial charge in [0.25, 0.3) is 0 Å². The largest absolute Gasteiger partial charge is 0.497 e. The number of benzene rings is 2. The lowest BCUT2D eigenvalue weighted by Gasteiger charge is -2.14. The second-order valence-corrected chi connectivity index (χ2v) is 9.55. The molecule has 0 amide bonds. The zero-order valence-electron chi connectivity index (χ0n) is 18.9. The van der Waals surface area contributed by atoms with Crippen LogP contribution in [0.25, 0.3) is 16.9 Å². The molecule has 0 saturated carbocycles. The molecule has 12 heteroatoms. The number of nitrogens with one attached hydrogen (secondary N) is 2. The standard InChI is InChI=1S/C22H23BClN5O4S/c1-32-14-7-8-19(33-2)20(11-14)34(30,31)27-10-9-25-21-12-18(15-5-3-4-6-17(15)24)28-22-16(23)13-26-29(21)22/h3-8,11-13,25,27H,9-10,23H2,1-2H3. The summed E-state index contributed by atoms with van der Waals surface area (Å²) in [6.45, 7) is 0.416. The molecule has 2 heterocycles. The molecule has 2 aromatic carbocycles. The Bertz CT molecular complexity index is 1440. The summed E-state index contributed by atoms with van der Waals surface area (Å²) in [5, 5.41) is 8.21. The van der Waals surface area contributed by atoms with Crippen molar-refractivity contribution in [2.75, 3.05) is 32.6 Å². The number of fused-ring (bicyclic) bond motifs is 1. The number of anilines is 1. The van der Waals surface area contributed by atoms with E-state index in [9.17, 15) is 8.42 Å². The molecule has 0 aliphatic carbocycles. The third-order valence-electron chi connectivity index (χ3n) is 5.18. The Morgan fingerprint density at radius 2 is 1.88 bits per heavy atom. The SMILES string of the molecule is Bc1cnn2c(NCCNS(=O)(=O)c3cc(OC)ccc3OC)cc(-c3ccccc3Cl)nc12. The molecule has 176 valence electrons. The van der Waals surface area contributed by atoms with Crippen LogP contribution >= 0.6 is 11.6 Å². The smallest absolute Gasteiger partial charge is 0.244 e. The van der Waals surface area contributed by atoms with Crippen LogP contribution in [0.5, 0.6) is 11.5 Å². The Kier molecular flexibility index (Phi) is 6.96. The molecule has 0 atom stereocenters. The maximum atomic E-state index is 12.9. The van der Waals surface area contributed by atoms with Gasteiger partial charge in [0.1, 0.15) is 30.1 Å². The average molecular weight is 500 g/mol. The van der Waals surface area contributed by atoms with Crippen molar-refractivity contribution in [3.05, 3.63) is 59.8 Å². The normalized spacial score (nSPS) is 11.5. The van der Waals surface area contributed by atoms with E-state index in [1.807, 2.05) is 32.1 Å². The molecular weight excluding hydrogens is 477 g/mol. The Morgan fingerprint density at radius 3 is 2.62 bits per heavy atom. The van der Waals surface area contributed by atoms with Gasteiger partial charge in [0.05, 0.1) is 19.9 Å². The van der Waals surface area contributed by atoms with E-state index in [0.29, 0.717) is 34.5 Å². The highest BCUT2D eigenvalue weighted by atomic mass is 35.5. The van der Waals surface area contributed by atoms with Crippen LogP contribution in [-0.2, 0) is 10.0 Å². The Morgan fingerprint density at radius 1 is 1.09 bits per heavy atom. The Balaban J connectivity index is 1.54. The minimum atomic E-state index is -3.83. The summed E-state index contributed by atoms with van der Waals surface area (Å²) in [6.07, 6.45) is 1.72. The van der Waals surface area contributed by atoms with Gasteiger partial charge in [-0.15, -0.1) is 0 Å². The van der Waals surface area contributed by atoms with Gasteiger partial charge in [0.15, 0.2) is 5.65 Å². The van der Waals surface area contributed by atoms with E-state index in [1.54, 1.807) is 28.9 Å². The summed E-state index contributed by atoms with van der Waals surface area (Å²) < 4.78 is 40.3. The summed E-state index contributed by atoms with van der Waals surface area (Å²) >= 11 is 6.38. The first-order chi connectivity index (χ1) is 16.3. The number of nitrogens with zero attached hydrogens (tertiary/aromatic N) is 3. The molecule has 0 aliphatic rings. The fourth-order valence-corrected chi connectivity index (χ4v) is 4.90. The molecule has 2 N–H and O–H groups in total. The van der Waals surface area contributed by atoms with E-state index >= 15 is 0 Å². The molecule has 4 rings (SSSR count). The van der Waals surface area contributed by atoms with Gasteiger partial charge in [-0.05, 0) is 23.7 Å². The van der Waals surface area contributed by atoms with Crippen molar-refractivity contribution in [2.45, 2.75) is 4.90 Å². The molecule has 0 fully saturated rings. The average Bonchev–Trinajstić information content (AvgIpc) is 3.22. The van der Waals surface area contributed by atoms with Gasteiger partial charge in [-0.3, -0.25) is 0 Å². The monoisotopic (exact) mass is 499 g/mol. The highest BCUT2D eigenvalue weighted by Gasteiger charge is 2.20. The lowest BCUT2D eigenvalue weighted by Crippen LogP contribution is -2.29. The Hall–Kier alpha value is -3.28. The lowest BCUT2D eigenvalue weighted by molar-refractivity contribution is 0.392. The first kappa shape index (κ1) is 23.9. The van der Waals surface area contributed by atoms with Gasteiger partial charge >= 0.3 is 0 Å². The first-order valence-corrected chi connectivity index (χ1v) is 12.3. The molecular formula is C22H23BClN5O4S. The van der Waals surface area contributed by atoms with Crippen molar-refractivity contribution in [2.24, 2.45) is 0 Å². The minimum Gasteiger partial charge on any atom is -0.497 e. The number of hydrogen-bond donors (Lipinski definition) is 2.